The average molecular weight is 128 g/mol. The number of guanidine groups is 1. The van der Waals surface area contributed by atoms with Gasteiger partial charge in [0.1, 0.15) is 0 Å². The van der Waals surface area contributed by atoms with Gasteiger partial charge in [-0.2, -0.15) is 0 Å². The van der Waals surface area contributed by atoms with Crippen LogP contribution in [0.5, 0.6) is 0 Å². The van der Waals surface area contributed by atoms with Gasteiger partial charge in [-0.25, -0.2) is 5.84 Å². The van der Waals surface area contributed by atoms with Crippen LogP contribution in [0.15, 0.2) is 4.99 Å². The maximum Gasteiger partial charge on any atom is 0.210 e. The van der Waals surface area contributed by atoms with E-state index in [1.807, 2.05) is 11.9 Å². The lowest BCUT2D eigenvalue weighted by molar-refractivity contribution is 0.432. The zero-order chi connectivity index (χ0) is 6.85. The molecule has 0 bridgehead atoms. The first-order valence-corrected chi connectivity index (χ1v) is 2.96. The van der Waals surface area contributed by atoms with Crippen molar-refractivity contribution in [3.05, 3.63) is 0 Å². The minimum atomic E-state index is 0.868. The minimum absolute atomic E-state index is 0.868. The second-order valence-corrected chi connectivity index (χ2v) is 2.21. The number of nitrogens with zero attached hydrogens (tertiary/aromatic N) is 3. The highest BCUT2D eigenvalue weighted by atomic mass is 15.5. The summed E-state index contributed by atoms with van der Waals surface area (Å²) in [5.74, 6) is 6.32. The highest BCUT2D eigenvalue weighted by molar-refractivity contribution is 5.80. The van der Waals surface area contributed by atoms with E-state index in [0.717, 1.165) is 19.0 Å². The lowest BCUT2D eigenvalue weighted by Crippen LogP contribution is -2.41. The Hall–Kier alpha value is -0.770. The predicted molar refractivity (Wildman–Crippen MR) is 36.9 cm³/mol. The molecule has 0 aromatic rings. The topological polar surface area (TPSA) is 44.9 Å². The van der Waals surface area contributed by atoms with E-state index in [4.69, 9.17) is 5.84 Å². The molecule has 2 N–H and O–H groups in total. The molecule has 0 aliphatic carbocycles. The van der Waals surface area contributed by atoms with Crippen LogP contribution in [0.1, 0.15) is 0 Å². The quantitative estimate of drug-likeness (QED) is 0.339. The Bertz CT molecular complexity index is 129. The molecule has 0 aromatic carbocycles. The van der Waals surface area contributed by atoms with Gasteiger partial charge in [-0.3, -0.25) is 10.0 Å². The Kier molecular flexibility index (Phi) is 1.57. The number of rotatable bonds is 0. The summed E-state index contributed by atoms with van der Waals surface area (Å²) in [5.41, 5.74) is 0. The van der Waals surface area contributed by atoms with Crippen LogP contribution in [0.3, 0.4) is 0 Å². The third-order valence-electron chi connectivity index (χ3n) is 1.35. The van der Waals surface area contributed by atoms with Crippen molar-refractivity contribution >= 4 is 5.96 Å². The van der Waals surface area contributed by atoms with Gasteiger partial charge < -0.3 is 4.90 Å². The molecule has 4 nitrogen and oxygen atoms in total. The van der Waals surface area contributed by atoms with Crippen LogP contribution in [-0.4, -0.2) is 43.1 Å². The van der Waals surface area contributed by atoms with E-state index in [2.05, 4.69) is 4.99 Å². The van der Waals surface area contributed by atoms with Gasteiger partial charge in [0.15, 0.2) is 0 Å². The smallest absolute Gasteiger partial charge is 0.210 e. The van der Waals surface area contributed by atoms with Crippen molar-refractivity contribution in [2.75, 3.05) is 27.2 Å². The van der Waals surface area contributed by atoms with Gasteiger partial charge in [-0.1, -0.05) is 0 Å². The molecule has 0 fully saturated rings. The Labute approximate surface area is 54.9 Å². The largest absolute Gasteiger partial charge is 0.343 e. The second kappa shape index (κ2) is 2.23. The Morgan fingerprint density at radius 3 is 2.67 bits per heavy atom. The summed E-state index contributed by atoms with van der Waals surface area (Å²) in [7, 11) is 3.77. The Morgan fingerprint density at radius 1 is 1.78 bits per heavy atom. The fraction of sp³-hybridized carbons (Fsp3) is 0.800. The SMILES string of the molecule is CN(N)C1=NCCN1C. The van der Waals surface area contributed by atoms with E-state index in [0.29, 0.717) is 0 Å². The Balaban J connectivity index is 2.57. The third kappa shape index (κ3) is 1.13. The monoisotopic (exact) mass is 128 g/mol. The molecule has 4 heteroatoms. The average Bonchev–Trinajstić information content (AvgIpc) is 2.13. The molecule has 1 heterocycles. The zero-order valence-electron chi connectivity index (χ0n) is 5.83. The van der Waals surface area contributed by atoms with Crippen LogP contribution < -0.4 is 5.84 Å². The first kappa shape index (κ1) is 6.35. The molecule has 0 unspecified atom stereocenters. The van der Waals surface area contributed by atoms with Crippen molar-refractivity contribution in [1.29, 1.82) is 0 Å². The molecule has 0 aromatic heterocycles. The van der Waals surface area contributed by atoms with Crippen LogP contribution in [0.25, 0.3) is 0 Å². The summed E-state index contributed by atoms with van der Waals surface area (Å²) in [4.78, 5) is 6.19. The molecule has 1 aliphatic rings. The number of hydrazine groups is 1. The van der Waals surface area contributed by atoms with Crippen molar-refractivity contribution < 1.29 is 0 Å². The molecular weight excluding hydrogens is 116 g/mol. The van der Waals surface area contributed by atoms with E-state index in [9.17, 15) is 0 Å². The van der Waals surface area contributed by atoms with E-state index < -0.39 is 0 Å². The van der Waals surface area contributed by atoms with E-state index in [1.54, 1.807) is 7.05 Å². The standard InChI is InChI=1S/C5H12N4/c1-8-4-3-7-5(8)9(2)6/h3-4,6H2,1-2H3. The fourth-order valence-corrected chi connectivity index (χ4v) is 0.902. The van der Waals surface area contributed by atoms with Crippen molar-refractivity contribution in [2.45, 2.75) is 0 Å². The van der Waals surface area contributed by atoms with Gasteiger partial charge in [0.2, 0.25) is 5.96 Å². The third-order valence-corrected chi connectivity index (χ3v) is 1.35. The second-order valence-electron chi connectivity index (χ2n) is 2.21. The first-order chi connectivity index (χ1) is 4.22. The number of likely N-dealkylation sites (N-methyl/N-ethyl adjacent to an activating group) is 1. The number of hydrogen-bond acceptors (Lipinski definition) is 4. The maximum atomic E-state index is 5.45. The molecule has 9 heavy (non-hydrogen) atoms. The van der Waals surface area contributed by atoms with Crippen LogP contribution in [-0.2, 0) is 0 Å². The molecule has 0 atom stereocenters. The molecule has 0 spiro atoms. The molecular formula is C5H12N4. The van der Waals surface area contributed by atoms with E-state index in [1.165, 1.54) is 5.01 Å². The van der Waals surface area contributed by atoms with Crippen LogP contribution in [0.2, 0.25) is 0 Å². The summed E-state index contributed by atoms with van der Waals surface area (Å²) < 4.78 is 0. The van der Waals surface area contributed by atoms with Gasteiger partial charge in [-0.15, -0.1) is 0 Å². The van der Waals surface area contributed by atoms with Gasteiger partial charge in [0.05, 0.1) is 6.54 Å². The maximum absolute atomic E-state index is 5.45. The molecule has 1 rings (SSSR count). The number of aliphatic imine (C=N–C) groups is 1. The predicted octanol–water partition coefficient (Wildman–Crippen LogP) is -0.907. The van der Waals surface area contributed by atoms with E-state index in [-0.39, 0.29) is 0 Å². The zero-order valence-corrected chi connectivity index (χ0v) is 5.83. The minimum Gasteiger partial charge on any atom is -0.343 e. The van der Waals surface area contributed by atoms with Gasteiger partial charge in [-0.05, 0) is 0 Å². The number of hydrogen-bond donors (Lipinski definition) is 1. The summed E-state index contributed by atoms with van der Waals surface area (Å²) >= 11 is 0. The van der Waals surface area contributed by atoms with Crippen molar-refractivity contribution in [2.24, 2.45) is 10.8 Å². The Morgan fingerprint density at radius 2 is 2.44 bits per heavy atom. The van der Waals surface area contributed by atoms with Gasteiger partial charge >= 0.3 is 0 Å². The first-order valence-electron chi connectivity index (χ1n) is 2.96. The summed E-state index contributed by atoms with van der Waals surface area (Å²) in [5, 5.41) is 1.53. The molecule has 0 amide bonds. The molecule has 0 saturated heterocycles. The summed E-state index contributed by atoms with van der Waals surface area (Å²) in [6.45, 7) is 1.85. The van der Waals surface area contributed by atoms with Crippen molar-refractivity contribution in [3.8, 4) is 0 Å². The lowest BCUT2D eigenvalue weighted by atomic mass is 10.6. The number of nitrogens with two attached hydrogens (primary N) is 1. The molecule has 0 radical (unpaired) electrons. The van der Waals surface area contributed by atoms with Gasteiger partial charge in [0.25, 0.3) is 0 Å². The van der Waals surface area contributed by atoms with Crippen molar-refractivity contribution in [1.82, 2.24) is 9.91 Å². The highest BCUT2D eigenvalue weighted by Crippen LogP contribution is 1.97. The van der Waals surface area contributed by atoms with Gasteiger partial charge in [0, 0.05) is 20.6 Å². The molecule has 0 saturated carbocycles. The summed E-state index contributed by atoms with van der Waals surface area (Å²) in [6.07, 6.45) is 0. The van der Waals surface area contributed by atoms with Crippen LogP contribution in [0, 0.1) is 0 Å². The fourth-order valence-electron chi connectivity index (χ4n) is 0.902. The molecule has 1 aliphatic heterocycles. The van der Waals surface area contributed by atoms with Crippen molar-refractivity contribution in [3.63, 3.8) is 0 Å². The van der Waals surface area contributed by atoms with E-state index >= 15 is 0 Å². The highest BCUT2D eigenvalue weighted by Gasteiger charge is 2.13. The van der Waals surface area contributed by atoms with Crippen LogP contribution in [0.4, 0.5) is 0 Å². The van der Waals surface area contributed by atoms with Crippen LogP contribution >= 0.6 is 0 Å². The lowest BCUT2D eigenvalue weighted by Gasteiger charge is -2.19. The summed E-state index contributed by atoms with van der Waals surface area (Å²) in [6, 6.07) is 0. The normalized spacial score (nSPS) is 18.1. The molecule has 52 valence electrons.